The van der Waals surface area contributed by atoms with Crippen molar-refractivity contribution in [2.24, 2.45) is 28.2 Å². The van der Waals surface area contributed by atoms with Crippen LogP contribution in [-0.2, 0) is 27.4 Å². The third-order valence-electron chi connectivity index (χ3n) is 17.1. The first kappa shape index (κ1) is 47.9. The zero-order chi connectivity index (χ0) is 49.6. The van der Waals surface area contributed by atoms with Crippen LogP contribution in [0.1, 0.15) is 88.0 Å². The molecule has 16 nitrogen and oxygen atoms in total. The molecular weight excluding hydrogens is 911 g/mol. The SMILES string of the molecule is CCC1C2=CC3=NC2=C[NH+]1c1c2c(cc4c(=O)cc(C)oc14)CC(OOCC(O)(Cc1ccc(O)c4ccc(O)cc14)C(O)C(O)C(O)CO)C1(CC=CC(C1)C1CNC(=O)C14CCCC(CCC3)C4)O2. The topological polar surface area (TPSA) is 245 Å². The zero-order valence-corrected chi connectivity index (χ0v) is 40.1. The molecule has 2 aliphatic carbocycles. The first-order chi connectivity index (χ1) is 34.1. The minimum absolute atomic E-state index is 0.0478. The van der Waals surface area contributed by atoms with Gasteiger partial charge in [0.25, 0.3) is 0 Å². The van der Waals surface area contributed by atoms with Crippen LogP contribution in [0.3, 0.4) is 0 Å². The summed E-state index contributed by atoms with van der Waals surface area (Å²) in [7, 11) is 0. The Labute approximate surface area is 410 Å². The molecule has 8 aliphatic rings. The lowest BCUT2D eigenvalue weighted by Gasteiger charge is -2.49. The summed E-state index contributed by atoms with van der Waals surface area (Å²) in [6.07, 6.45) is 9.46. The molecule has 12 atom stereocenters. The number of hydrogen-bond donors (Lipinski definition) is 9. The molecule has 1 saturated heterocycles. The summed E-state index contributed by atoms with van der Waals surface area (Å²) >= 11 is 0. The maximum Gasteiger partial charge on any atom is 0.226 e. The predicted molar refractivity (Wildman–Crippen MR) is 261 cm³/mol. The van der Waals surface area contributed by atoms with Crippen LogP contribution in [0.25, 0.3) is 21.7 Å². The normalized spacial score (nSPS) is 30.9. The molecule has 12 unspecified atom stereocenters. The second-order valence-electron chi connectivity index (χ2n) is 21.5. The highest BCUT2D eigenvalue weighted by Crippen LogP contribution is 2.56. The molecule has 9 N–H and O–H groups in total. The lowest BCUT2D eigenvalue weighted by Crippen LogP contribution is -3.05. The van der Waals surface area contributed by atoms with Gasteiger partial charge in [0.1, 0.15) is 77.4 Å². The van der Waals surface area contributed by atoms with Gasteiger partial charge in [0.15, 0.2) is 11.2 Å². The van der Waals surface area contributed by atoms with Gasteiger partial charge in [0.2, 0.25) is 17.2 Å². The highest BCUT2D eigenvalue weighted by Gasteiger charge is 2.59. The zero-order valence-electron chi connectivity index (χ0n) is 40.1. The number of carbonyl (C=O) groups excluding carboxylic acids is 1. The van der Waals surface area contributed by atoms with Gasteiger partial charge < -0.3 is 50.2 Å². The number of phenols is 2. The quantitative estimate of drug-likeness (QED) is 0.0579. The number of allylic oxidation sites excluding steroid dienone is 2. The van der Waals surface area contributed by atoms with Crippen molar-refractivity contribution < 1.29 is 64.4 Å². The lowest BCUT2D eigenvalue weighted by atomic mass is 9.58. The van der Waals surface area contributed by atoms with Crippen LogP contribution in [0.15, 0.2) is 92.4 Å². The highest BCUT2D eigenvalue weighted by molar-refractivity contribution is 6.00. The average molecular weight is 975 g/mol. The molecule has 12 rings (SSSR count). The molecule has 2 spiro atoms. The molecule has 4 aromatic rings. The maximum absolute atomic E-state index is 14.2. The number of aryl methyl sites for hydroxylation is 1. The molecule has 376 valence electrons. The van der Waals surface area contributed by atoms with Crippen molar-refractivity contribution in [2.45, 2.75) is 133 Å². The second kappa shape index (κ2) is 18.3. The van der Waals surface area contributed by atoms with Crippen molar-refractivity contribution in [3.63, 3.8) is 0 Å². The number of hydrogen-bond acceptors (Lipinski definition) is 14. The van der Waals surface area contributed by atoms with Gasteiger partial charge >= 0.3 is 0 Å². The summed E-state index contributed by atoms with van der Waals surface area (Å²) in [5, 5.41) is 81.1. The van der Waals surface area contributed by atoms with E-state index in [1.165, 1.54) is 36.4 Å². The Bertz CT molecular complexity index is 2980. The molecule has 16 heteroatoms. The predicted octanol–water partition coefficient (Wildman–Crippen LogP) is 4.31. The van der Waals surface area contributed by atoms with Gasteiger partial charge in [0.05, 0.1) is 17.4 Å². The number of quaternary nitrogens is 1. The third-order valence-corrected chi connectivity index (χ3v) is 17.1. The Hall–Kier alpha value is -5.43. The van der Waals surface area contributed by atoms with E-state index < -0.39 is 60.7 Å². The summed E-state index contributed by atoms with van der Waals surface area (Å²) in [6.45, 7) is 2.72. The molecule has 1 aromatic heterocycles. The van der Waals surface area contributed by atoms with E-state index in [4.69, 9.17) is 23.9 Å². The molecule has 1 amide bonds. The first-order valence-electron chi connectivity index (χ1n) is 25.4. The number of aliphatic imine (C=N–C) groups is 1. The van der Waals surface area contributed by atoms with Crippen LogP contribution in [0.2, 0.25) is 0 Å². The van der Waals surface area contributed by atoms with E-state index >= 15 is 0 Å². The van der Waals surface area contributed by atoms with E-state index in [2.05, 4.69) is 36.7 Å². The van der Waals surface area contributed by atoms with Gasteiger partial charge in [0, 0.05) is 60.5 Å². The summed E-state index contributed by atoms with van der Waals surface area (Å²) < 4.78 is 14.1. The largest absolute Gasteiger partial charge is 0.508 e. The van der Waals surface area contributed by atoms with Gasteiger partial charge in [-0.2, -0.15) is 0 Å². The molecular formula is C55H64N3O13+. The number of amides is 1. The number of aliphatic hydroxyl groups is 5. The number of benzene rings is 3. The molecule has 3 aromatic carbocycles. The standard InChI is InChI=1S/C55H63N3O13/c1-3-42-38-20-34-10-4-7-30-8-5-15-53(22-30)40(25-56-52(53)66)32-9-6-16-55(24-32)46(19-33-18-39-44(62)17-29(2)69-50(39)47(49(33)70-55)58(42)26-41(38)57-34)71-68-28-54(67,51(65)48(64)45(63)27-59)23-31-11-14-43(61)36-13-12-35(60)21-37(31)36/h6,9,11-14,17-18,20-21,26,30,32,40,42,45-46,48,51,59-61,63-65,67H,3-5,7-8,10,15-16,19,22-25,27-28H2,1-2H3,(H,56,66)/p+1. The van der Waals surface area contributed by atoms with E-state index in [0.29, 0.717) is 75.4 Å². The maximum atomic E-state index is 14.2. The summed E-state index contributed by atoms with van der Waals surface area (Å²) in [5.74, 6) is 1.11. The van der Waals surface area contributed by atoms with E-state index in [1.807, 2.05) is 0 Å². The fourth-order valence-electron chi connectivity index (χ4n) is 13.5. The van der Waals surface area contributed by atoms with Crippen LogP contribution < -0.4 is 20.4 Å². The van der Waals surface area contributed by atoms with Gasteiger partial charge in [-0.05, 0) is 104 Å². The van der Waals surface area contributed by atoms with Crippen LogP contribution in [0.5, 0.6) is 17.2 Å². The van der Waals surface area contributed by atoms with E-state index in [-0.39, 0.29) is 47.1 Å². The number of fused-ring (bicyclic) bond motifs is 4. The van der Waals surface area contributed by atoms with Gasteiger partial charge in [-0.25, -0.2) is 14.8 Å². The van der Waals surface area contributed by atoms with Crippen LogP contribution >= 0.6 is 0 Å². The number of rotatable bonds is 11. The second-order valence-corrected chi connectivity index (χ2v) is 21.5. The molecule has 7 heterocycles. The number of nitrogens with zero attached hydrogens (tertiary/aromatic N) is 1. The number of carbonyl (C=O) groups is 1. The summed E-state index contributed by atoms with van der Waals surface area (Å²) in [4.78, 5) is 47.0. The number of phenolic OH excluding ortho intramolecular Hbond substituents is 2. The van der Waals surface area contributed by atoms with Crippen LogP contribution in [-0.4, -0.2) is 109 Å². The van der Waals surface area contributed by atoms with Crippen molar-refractivity contribution in [1.29, 1.82) is 0 Å². The van der Waals surface area contributed by atoms with E-state index in [1.54, 1.807) is 13.0 Å². The van der Waals surface area contributed by atoms with Crippen molar-refractivity contribution in [1.82, 2.24) is 5.32 Å². The average Bonchev–Trinajstić information content (AvgIpc) is 4.00. The molecule has 6 aliphatic heterocycles. The Kier molecular flexibility index (Phi) is 12.3. The third kappa shape index (κ3) is 8.11. The monoisotopic (exact) mass is 974 g/mol. The van der Waals surface area contributed by atoms with Crippen molar-refractivity contribution >= 4 is 39.0 Å². The lowest BCUT2D eigenvalue weighted by molar-refractivity contribution is -0.793. The minimum Gasteiger partial charge on any atom is -0.508 e. The van der Waals surface area contributed by atoms with Crippen LogP contribution in [0.4, 0.5) is 5.69 Å². The Morgan fingerprint density at radius 2 is 1.86 bits per heavy atom. The van der Waals surface area contributed by atoms with Crippen molar-refractivity contribution in [3.05, 3.63) is 105 Å². The number of aromatic hydroxyl groups is 2. The summed E-state index contributed by atoms with van der Waals surface area (Å²) in [6, 6.07) is 10.4. The minimum atomic E-state index is -2.42. The van der Waals surface area contributed by atoms with Crippen molar-refractivity contribution in [3.8, 4) is 17.2 Å². The van der Waals surface area contributed by atoms with Gasteiger partial charge in [-0.1, -0.05) is 44.4 Å². The smallest absolute Gasteiger partial charge is 0.226 e. The first-order valence-corrected chi connectivity index (χ1v) is 25.4. The number of nitrogens with one attached hydrogen (secondary N) is 2. The van der Waals surface area contributed by atoms with E-state index in [0.717, 1.165) is 73.2 Å². The fraction of sp³-hybridized carbons (Fsp3) is 0.509. The molecule has 2 fully saturated rings. The van der Waals surface area contributed by atoms with Crippen molar-refractivity contribution in [2.75, 3.05) is 19.8 Å². The van der Waals surface area contributed by atoms with Gasteiger partial charge in [-0.3, -0.25) is 14.5 Å². The Balaban J connectivity index is 1.02. The Morgan fingerprint density at radius 3 is 2.68 bits per heavy atom. The molecule has 9 bridgehead atoms. The fourth-order valence-corrected chi connectivity index (χ4v) is 13.5. The van der Waals surface area contributed by atoms with Gasteiger partial charge in [-0.15, -0.1) is 0 Å². The van der Waals surface area contributed by atoms with Crippen LogP contribution in [0, 0.1) is 30.1 Å². The summed E-state index contributed by atoms with van der Waals surface area (Å²) in [5.41, 5.74) is 0.829. The Morgan fingerprint density at radius 1 is 1.03 bits per heavy atom. The molecule has 1 saturated carbocycles. The molecule has 71 heavy (non-hydrogen) atoms. The number of ether oxygens (including phenoxy) is 1. The molecule has 0 radical (unpaired) electrons. The highest BCUT2D eigenvalue weighted by atomic mass is 17.2. The number of aliphatic hydroxyl groups excluding tert-OH is 4. The van der Waals surface area contributed by atoms with E-state index in [9.17, 15) is 45.3 Å².